The first-order valence-corrected chi connectivity index (χ1v) is 5.87. The topological polar surface area (TPSA) is 80.5 Å². The van der Waals surface area contributed by atoms with E-state index in [4.69, 9.17) is 5.73 Å². The number of fused-ring (bicyclic) bond motifs is 1. The van der Waals surface area contributed by atoms with Crippen LogP contribution in [0.5, 0.6) is 0 Å². The summed E-state index contributed by atoms with van der Waals surface area (Å²) >= 11 is 1.72. The molecule has 2 aromatic heterocycles. The second kappa shape index (κ2) is 6.67. The van der Waals surface area contributed by atoms with Gasteiger partial charge in [-0.05, 0) is 25.1 Å². The summed E-state index contributed by atoms with van der Waals surface area (Å²) in [4.78, 5) is 15.4. The van der Waals surface area contributed by atoms with Gasteiger partial charge in [0.2, 0.25) is 0 Å². The Morgan fingerprint density at radius 1 is 1.25 bits per heavy atom. The first kappa shape index (κ1) is 13.2. The lowest BCUT2D eigenvalue weighted by molar-refractivity contribution is 0.814. The Kier molecular flexibility index (Phi) is 5.51. The normalized spacial score (nSPS) is 10.3. The molecule has 0 amide bonds. The largest absolute Gasteiger partial charge is 0.341 e. The van der Waals surface area contributed by atoms with E-state index in [0.717, 1.165) is 41.3 Å². The van der Waals surface area contributed by atoms with Crippen molar-refractivity contribution >= 4 is 35.3 Å². The van der Waals surface area contributed by atoms with Gasteiger partial charge in [-0.1, -0.05) is 0 Å². The Balaban J connectivity index is 0.00000128. The molecule has 0 unspecified atom stereocenters. The zero-order chi connectivity index (χ0) is 10.5. The van der Waals surface area contributed by atoms with Gasteiger partial charge < -0.3 is 10.7 Å². The molecule has 3 N–H and O–H groups in total. The van der Waals surface area contributed by atoms with Crippen LogP contribution in [0.1, 0.15) is 12.8 Å². The van der Waals surface area contributed by atoms with Crippen LogP contribution >= 0.6 is 24.2 Å². The lowest BCUT2D eigenvalue weighted by Gasteiger charge is -2.00. The van der Waals surface area contributed by atoms with Crippen molar-refractivity contribution < 1.29 is 0 Å². The zero-order valence-corrected chi connectivity index (χ0v) is 10.4. The van der Waals surface area contributed by atoms with Crippen LogP contribution in [0.3, 0.4) is 0 Å². The smallest absolute Gasteiger partial charge is 0.181 e. The first-order valence-electron chi connectivity index (χ1n) is 4.89. The molecule has 0 saturated carbocycles. The monoisotopic (exact) mass is 259 g/mol. The van der Waals surface area contributed by atoms with E-state index >= 15 is 0 Å². The molecule has 0 bridgehead atoms. The summed E-state index contributed by atoms with van der Waals surface area (Å²) in [6, 6.07) is 0. The third-order valence-corrected chi connectivity index (χ3v) is 3.10. The number of hydrogen-bond donors (Lipinski definition) is 2. The maximum absolute atomic E-state index is 5.43. The van der Waals surface area contributed by atoms with E-state index in [1.807, 2.05) is 0 Å². The van der Waals surface area contributed by atoms with Crippen molar-refractivity contribution in [2.45, 2.75) is 17.9 Å². The van der Waals surface area contributed by atoms with Crippen LogP contribution in [0.25, 0.3) is 11.2 Å². The average molecular weight is 260 g/mol. The number of hydrogen-bond acceptors (Lipinski definition) is 5. The van der Waals surface area contributed by atoms with Gasteiger partial charge in [0, 0.05) is 0 Å². The first-order chi connectivity index (χ1) is 7.42. The van der Waals surface area contributed by atoms with Crippen LogP contribution in [0.2, 0.25) is 0 Å². The molecule has 7 heteroatoms. The minimum absolute atomic E-state index is 0. The van der Waals surface area contributed by atoms with Gasteiger partial charge in [-0.15, -0.1) is 24.2 Å². The number of aromatic amines is 1. The maximum atomic E-state index is 5.43. The average Bonchev–Trinajstić information content (AvgIpc) is 2.73. The Hall–Kier alpha value is -0.850. The highest BCUT2D eigenvalue weighted by atomic mass is 35.5. The summed E-state index contributed by atoms with van der Waals surface area (Å²) in [5.74, 6) is 1.03. The van der Waals surface area contributed by atoms with Crippen molar-refractivity contribution in [1.29, 1.82) is 0 Å². The lowest BCUT2D eigenvalue weighted by Crippen LogP contribution is -1.98. The standard InChI is InChI=1S/C9H13N5S.ClH/c10-3-1-2-4-15-9-7-8(12-5-11-7)13-6-14-9;/h5-6H,1-4,10H2,(H,11,12,13,14);1H. The minimum atomic E-state index is 0. The van der Waals surface area contributed by atoms with Gasteiger partial charge in [0.15, 0.2) is 5.65 Å². The second-order valence-corrected chi connectivity index (χ2v) is 4.21. The summed E-state index contributed by atoms with van der Waals surface area (Å²) in [5.41, 5.74) is 7.09. The van der Waals surface area contributed by atoms with Gasteiger partial charge in [-0.25, -0.2) is 15.0 Å². The van der Waals surface area contributed by atoms with Crippen LogP contribution in [0, 0.1) is 0 Å². The van der Waals surface area contributed by atoms with Crippen molar-refractivity contribution in [3.63, 3.8) is 0 Å². The van der Waals surface area contributed by atoms with E-state index in [2.05, 4.69) is 19.9 Å². The van der Waals surface area contributed by atoms with Gasteiger partial charge >= 0.3 is 0 Å². The molecule has 16 heavy (non-hydrogen) atoms. The Labute approximate surface area is 104 Å². The van der Waals surface area contributed by atoms with Crippen molar-refractivity contribution in [3.8, 4) is 0 Å². The Morgan fingerprint density at radius 3 is 2.94 bits per heavy atom. The number of nitrogens with two attached hydrogens (primary N) is 1. The fourth-order valence-corrected chi connectivity index (χ4v) is 2.23. The quantitative estimate of drug-likeness (QED) is 0.484. The van der Waals surface area contributed by atoms with E-state index in [9.17, 15) is 0 Å². The predicted octanol–water partition coefficient (Wildman–Crippen LogP) is 1.61. The summed E-state index contributed by atoms with van der Waals surface area (Å²) in [5, 5.41) is 0.967. The number of nitrogens with zero attached hydrogens (tertiary/aromatic N) is 3. The number of H-pyrrole nitrogens is 1. The van der Waals surface area contributed by atoms with Crippen molar-refractivity contribution in [3.05, 3.63) is 12.7 Å². The predicted molar refractivity (Wildman–Crippen MR) is 67.9 cm³/mol. The van der Waals surface area contributed by atoms with E-state index in [1.54, 1.807) is 24.4 Å². The summed E-state index contributed by atoms with van der Waals surface area (Å²) < 4.78 is 0. The van der Waals surface area contributed by atoms with E-state index in [-0.39, 0.29) is 12.4 Å². The van der Waals surface area contributed by atoms with Gasteiger partial charge in [-0.2, -0.15) is 0 Å². The molecule has 0 aromatic carbocycles. The Morgan fingerprint density at radius 2 is 2.12 bits per heavy atom. The number of halogens is 1. The molecular formula is C9H14ClN5S. The fraction of sp³-hybridized carbons (Fsp3) is 0.444. The summed E-state index contributed by atoms with van der Waals surface area (Å²) in [6.45, 7) is 0.754. The third-order valence-electron chi connectivity index (χ3n) is 2.03. The molecule has 5 nitrogen and oxygen atoms in total. The zero-order valence-electron chi connectivity index (χ0n) is 8.72. The molecule has 0 radical (unpaired) electrons. The van der Waals surface area contributed by atoms with E-state index in [0.29, 0.717) is 0 Å². The van der Waals surface area contributed by atoms with Crippen molar-refractivity contribution in [1.82, 2.24) is 19.9 Å². The molecule has 2 heterocycles. The molecular weight excluding hydrogens is 246 g/mol. The molecule has 0 aliphatic rings. The summed E-state index contributed by atoms with van der Waals surface area (Å²) in [7, 11) is 0. The Bertz CT molecular complexity index is 433. The molecule has 0 aliphatic carbocycles. The third kappa shape index (κ3) is 3.07. The molecule has 2 rings (SSSR count). The molecule has 0 fully saturated rings. The number of unbranched alkanes of at least 4 members (excludes halogenated alkanes) is 1. The highest BCUT2D eigenvalue weighted by molar-refractivity contribution is 7.99. The van der Waals surface area contributed by atoms with Gasteiger partial charge in [0.1, 0.15) is 16.9 Å². The maximum Gasteiger partial charge on any atom is 0.181 e. The SMILES string of the molecule is Cl.NCCCCSc1ncnc2nc[nH]c12. The van der Waals surface area contributed by atoms with Crippen LogP contribution in [0.4, 0.5) is 0 Å². The summed E-state index contributed by atoms with van der Waals surface area (Å²) in [6.07, 6.45) is 5.36. The van der Waals surface area contributed by atoms with Crippen LogP contribution in [-0.2, 0) is 0 Å². The number of aromatic nitrogens is 4. The van der Waals surface area contributed by atoms with Crippen molar-refractivity contribution in [2.75, 3.05) is 12.3 Å². The van der Waals surface area contributed by atoms with Crippen LogP contribution < -0.4 is 5.73 Å². The second-order valence-electron chi connectivity index (χ2n) is 3.12. The molecule has 0 spiro atoms. The van der Waals surface area contributed by atoms with E-state index < -0.39 is 0 Å². The fourth-order valence-electron chi connectivity index (χ4n) is 1.27. The van der Waals surface area contributed by atoms with Gasteiger partial charge in [0.05, 0.1) is 6.33 Å². The molecule has 0 saturated heterocycles. The van der Waals surface area contributed by atoms with E-state index in [1.165, 1.54) is 0 Å². The molecule has 2 aromatic rings. The van der Waals surface area contributed by atoms with Crippen LogP contribution in [-0.4, -0.2) is 32.2 Å². The van der Waals surface area contributed by atoms with Crippen molar-refractivity contribution in [2.24, 2.45) is 5.73 Å². The number of nitrogens with one attached hydrogen (secondary N) is 1. The number of thioether (sulfide) groups is 1. The highest BCUT2D eigenvalue weighted by Crippen LogP contribution is 2.22. The molecule has 0 atom stereocenters. The molecule has 88 valence electrons. The minimum Gasteiger partial charge on any atom is -0.341 e. The number of imidazole rings is 1. The van der Waals surface area contributed by atoms with Gasteiger partial charge in [0.25, 0.3) is 0 Å². The highest BCUT2D eigenvalue weighted by Gasteiger charge is 2.05. The number of rotatable bonds is 5. The van der Waals surface area contributed by atoms with Crippen LogP contribution in [0.15, 0.2) is 17.7 Å². The lowest BCUT2D eigenvalue weighted by atomic mass is 10.3. The van der Waals surface area contributed by atoms with Gasteiger partial charge in [-0.3, -0.25) is 0 Å². The molecule has 0 aliphatic heterocycles.